The van der Waals surface area contributed by atoms with E-state index in [2.05, 4.69) is 25.9 Å². The van der Waals surface area contributed by atoms with Crippen molar-refractivity contribution in [3.63, 3.8) is 0 Å². The Bertz CT molecular complexity index is 2500. The molecule has 7 rings (SSSR count). The summed E-state index contributed by atoms with van der Waals surface area (Å²) >= 11 is 3.21. The van der Waals surface area contributed by atoms with Crippen LogP contribution in [0, 0.1) is 37.1 Å². The van der Waals surface area contributed by atoms with Crippen LogP contribution in [-0.4, -0.2) is 19.1 Å². The molecule has 3 aromatic carbocycles. The smallest absolute Gasteiger partial charge is 0.280 e. The second-order valence-corrected chi connectivity index (χ2v) is 11.3. The van der Waals surface area contributed by atoms with Gasteiger partial charge in [-0.05, 0) is 73.0 Å². The van der Waals surface area contributed by atoms with Gasteiger partial charge in [-0.25, -0.2) is 27.5 Å². The molecule has 14 heteroatoms. The SMILES string of the molecule is CCn1c(=O)c2ncoc2c2cc(F)c(-c3cc(F)c(N)cc3F)c(C)c21.CCn1c(=O)c2ncoc2c2cc(F)c(Br)c(C)c21. The van der Waals surface area contributed by atoms with E-state index in [4.69, 9.17) is 14.6 Å². The lowest BCUT2D eigenvalue weighted by atomic mass is 9.95. The monoisotopic (exact) mass is 697 g/mol. The molecule has 4 aromatic heterocycles. The number of anilines is 1. The number of pyridine rings is 2. The number of nitrogen functional groups attached to an aromatic ring is 1. The number of fused-ring (bicyclic) bond motifs is 6. The Kier molecular flexibility index (Phi) is 7.71. The molecule has 0 saturated carbocycles. The molecular formula is C32H24BrF4N5O4. The molecule has 236 valence electrons. The van der Waals surface area contributed by atoms with Gasteiger partial charge in [0, 0.05) is 41.1 Å². The Hall–Kier alpha value is -4.98. The Morgan fingerprint density at radius 2 is 1.24 bits per heavy atom. The first kappa shape index (κ1) is 31.0. The van der Waals surface area contributed by atoms with Gasteiger partial charge in [-0.3, -0.25) is 9.59 Å². The van der Waals surface area contributed by atoms with Crippen molar-refractivity contribution in [2.24, 2.45) is 0 Å². The van der Waals surface area contributed by atoms with Crippen molar-refractivity contribution >= 4 is 65.6 Å². The summed E-state index contributed by atoms with van der Waals surface area (Å²) in [6.45, 7) is 7.69. The van der Waals surface area contributed by atoms with Crippen LogP contribution in [0.2, 0.25) is 0 Å². The largest absolute Gasteiger partial charge is 0.443 e. The fourth-order valence-corrected chi connectivity index (χ4v) is 6.18. The van der Waals surface area contributed by atoms with Crippen LogP contribution in [0.15, 0.2) is 59.9 Å². The summed E-state index contributed by atoms with van der Waals surface area (Å²) in [5, 5.41) is 0.895. The molecule has 0 aliphatic heterocycles. The van der Waals surface area contributed by atoms with Crippen molar-refractivity contribution in [1.29, 1.82) is 0 Å². The lowest BCUT2D eigenvalue weighted by Gasteiger charge is -2.16. The molecule has 0 aliphatic carbocycles. The van der Waals surface area contributed by atoms with E-state index in [0.29, 0.717) is 44.0 Å². The van der Waals surface area contributed by atoms with Crippen LogP contribution in [0.25, 0.3) is 55.1 Å². The van der Waals surface area contributed by atoms with Gasteiger partial charge in [0.1, 0.15) is 23.3 Å². The van der Waals surface area contributed by atoms with Crippen molar-refractivity contribution < 1.29 is 26.4 Å². The second-order valence-electron chi connectivity index (χ2n) is 10.5. The van der Waals surface area contributed by atoms with Gasteiger partial charge in [0.25, 0.3) is 11.1 Å². The molecule has 4 heterocycles. The minimum absolute atomic E-state index is 0.0839. The lowest BCUT2D eigenvalue weighted by molar-refractivity contribution is 0.599. The van der Waals surface area contributed by atoms with Crippen LogP contribution in [0.4, 0.5) is 23.2 Å². The van der Waals surface area contributed by atoms with E-state index < -0.39 is 23.0 Å². The van der Waals surface area contributed by atoms with Crippen molar-refractivity contribution in [3.8, 4) is 11.1 Å². The summed E-state index contributed by atoms with van der Waals surface area (Å²) in [6, 6.07) is 4.17. The van der Waals surface area contributed by atoms with Crippen LogP contribution in [-0.2, 0) is 13.1 Å². The van der Waals surface area contributed by atoms with Gasteiger partial charge in [-0.1, -0.05) is 0 Å². The highest BCUT2D eigenvalue weighted by Gasteiger charge is 2.23. The molecule has 0 unspecified atom stereocenters. The quantitative estimate of drug-likeness (QED) is 0.150. The van der Waals surface area contributed by atoms with Gasteiger partial charge < -0.3 is 23.7 Å². The summed E-state index contributed by atoms with van der Waals surface area (Å²) in [5.74, 6) is -2.88. The van der Waals surface area contributed by atoms with E-state index in [1.165, 1.54) is 17.0 Å². The molecule has 9 nitrogen and oxygen atoms in total. The maximum Gasteiger partial charge on any atom is 0.280 e. The predicted molar refractivity (Wildman–Crippen MR) is 170 cm³/mol. The number of oxazole rings is 2. The molecule has 2 N–H and O–H groups in total. The van der Waals surface area contributed by atoms with Crippen LogP contribution >= 0.6 is 15.9 Å². The van der Waals surface area contributed by atoms with E-state index in [1.54, 1.807) is 25.3 Å². The zero-order valence-corrected chi connectivity index (χ0v) is 26.4. The van der Waals surface area contributed by atoms with Crippen molar-refractivity contribution in [2.45, 2.75) is 40.8 Å². The van der Waals surface area contributed by atoms with Gasteiger partial charge in [-0.15, -0.1) is 0 Å². The standard InChI is InChI=1S/C19H14F3N3O2.C13H10BrFN2O2/c1-3-25-17-8(2)15(9-4-12(21)14(23)6-11(9)20)13(22)5-10(17)18-16(19(25)26)24-7-27-18;1-3-17-11-6(2)9(14)8(15)4-7(11)12-10(13(17)18)16-5-19-12/h4-7H,3,23H2,1-2H3;4-5H,3H2,1-2H3. The first-order valence-electron chi connectivity index (χ1n) is 14.0. The third kappa shape index (κ3) is 4.58. The molecule has 0 atom stereocenters. The molecule has 0 saturated heterocycles. The number of aryl methyl sites for hydroxylation is 4. The topological polar surface area (TPSA) is 122 Å². The normalized spacial score (nSPS) is 11.6. The van der Waals surface area contributed by atoms with Gasteiger partial charge in [0.05, 0.1) is 21.2 Å². The number of halogens is 5. The minimum atomic E-state index is -0.860. The maximum atomic E-state index is 15.0. The van der Waals surface area contributed by atoms with E-state index in [-0.39, 0.29) is 56.9 Å². The van der Waals surface area contributed by atoms with Gasteiger partial charge in [0.15, 0.2) is 35.0 Å². The third-order valence-corrected chi connectivity index (χ3v) is 8.94. The van der Waals surface area contributed by atoms with Gasteiger partial charge in [-0.2, -0.15) is 0 Å². The van der Waals surface area contributed by atoms with Gasteiger partial charge >= 0.3 is 0 Å². The van der Waals surface area contributed by atoms with Crippen LogP contribution < -0.4 is 16.9 Å². The Morgan fingerprint density at radius 3 is 1.76 bits per heavy atom. The van der Waals surface area contributed by atoms with E-state index >= 15 is 0 Å². The van der Waals surface area contributed by atoms with Crippen molar-refractivity contribution in [1.82, 2.24) is 19.1 Å². The highest BCUT2D eigenvalue weighted by atomic mass is 79.9. The molecule has 46 heavy (non-hydrogen) atoms. The van der Waals surface area contributed by atoms with Crippen LogP contribution in [0.3, 0.4) is 0 Å². The number of nitrogens with zero attached hydrogens (tertiary/aromatic N) is 4. The van der Waals surface area contributed by atoms with Crippen molar-refractivity contribution in [2.75, 3.05) is 5.73 Å². The first-order valence-corrected chi connectivity index (χ1v) is 14.8. The zero-order chi connectivity index (χ0) is 33.2. The van der Waals surface area contributed by atoms with Crippen LogP contribution in [0.5, 0.6) is 0 Å². The molecule has 0 spiro atoms. The maximum absolute atomic E-state index is 15.0. The average Bonchev–Trinajstić information content (AvgIpc) is 3.72. The molecule has 0 aliphatic rings. The van der Waals surface area contributed by atoms with E-state index in [0.717, 1.165) is 24.6 Å². The highest BCUT2D eigenvalue weighted by Crippen LogP contribution is 2.37. The summed E-state index contributed by atoms with van der Waals surface area (Å²) in [5.41, 5.74) is 6.77. The van der Waals surface area contributed by atoms with Gasteiger partial charge in [0.2, 0.25) is 0 Å². The van der Waals surface area contributed by atoms with E-state index in [1.807, 2.05) is 6.92 Å². The Balaban J connectivity index is 0.000000172. The number of rotatable bonds is 3. The van der Waals surface area contributed by atoms with Crippen molar-refractivity contribution in [3.05, 3.63) is 96.6 Å². The summed E-state index contributed by atoms with van der Waals surface area (Å²) < 4.78 is 71.1. The lowest BCUT2D eigenvalue weighted by Crippen LogP contribution is -2.21. The number of hydrogen-bond acceptors (Lipinski definition) is 7. The summed E-state index contributed by atoms with van der Waals surface area (Å²) in [6.07, 6.45) is 2.32. The number of benzene rings is 3. The highest BCUT2D eigenvalue weighted by molar-refractivity contribution is 9.10. The Morgan fingerprint density at radius 1 is 0.739 bits per heavy atom. The molecule has 0 radical (unpaired) electrons. The molecule has 0 bridgehead atoms. The first-order chi connectivity index (χ1) is 21.9. The summed E-state index contributed by atoms with van der Waals surface area (Å²) in [4.78, 5) is 32.8. The predicted octanol–water partition coefficient (Wildman–Crippen LogP) is 7.51. The molecule has 0 fully saturated rings. The molecule has 7 aromatic rings. The molecule has 0 amide bonds. The Labute approximate surface area is 265 Å². The minimum Gasteiger partial charge on any atom is -0.443 e. The molecular weight excluding hydrogens is 674 g/mol. The third-order valence-electron chi connectivity index (χ3n) is 7.96. The second kappa shape index (κ2) is 11.4. The van der Waals surface area contributed by atoms with Crippen LogP contribution in [0.1, 0.15) is 25.0 Å². The number of aromatic nitrogens is 4. The fraction of sp³-hybridized carbons (Fsp3) is 0.188. The zero-order valence-electron chi connectivity index (χ0n) is 24.8. The fourth-order valence-electron chi connectivity index (χ4n) is 5.88. The average molecular weight is 698 g/mol. The summed E-state index contributed by atoms with van der Waals surface area (Å²) in [7, 11) is 0. The number of nitrogens with two attached hydrogens (primary N) is 1. The van der Waals surface area contributed by atoms with E-state index in [9.17, 15) is 27.2 Å². The number of hydrogen-bond donors (Lipinski definition) is 1.